The van der Waals surface area contributed by atoms with Crippen LogP contribution in [0.5, 0.6) is 11.5 Å². The van der Waals surface area contributed by atoms with E-state index in [1.54, 1.807) is 7.11 Å². The van der Waals surface area contributed by atoms with Crippen LogP contribution in [-0.2, 0) is 6.54 Å². The summed E-state index contributed by atoms with van der Waals surface area (Å²) in [4.78, 5) is 0. The molecule has 0 heterocycles. The van der Waals surface area contributed by atoms with Gasteiger partial charge in [-0.2, -0.15) is 0 Å². The third kappa shape index (κ3) is 3.28. The number of hydrogen-bond donors (Lipinski definition) is 1. The van der Waals surface area contributed by atoms with Gasteiger partial charge in [0.15, 0.2) is 11.5 Å². The van der Waals surface area contributed by atoms with Crippen LogP contribution in [0.2, 0.25) is 0 Å². The Hall–Kier alpha value is -1.48. The average Bonchev–Trinajstić information content (AvgIpc) is 2.27. The molecular weight excluding hydrogens is 202 g/mol. The minimum absolute atomic E-state index is 0.511. The highest BCUT2D eigenvalue weighted by Gasteiger charge is 2.09. The van der Waals surface area contributed by atoms with Crippen molar-refractivity contribution in [1.29, 1.82) is 0 Å². The summed E-state index contributed by atoms with van der Waals surface area (Å²) in [7, 11) is 3.55. The third-order valence-electron chi connectivity index (χ3n) is 2.11. The highest BCUT2D eigenvalue weighted by Crippen LogP contribution is 2.31. The van der Waals surface area contributed by atoms with Crippen molar-refractivity contribution in [1.82, 2.24) is 5.32 Å². The summed E-state index contributed by atoms with van der Waals surface area (Å²) in [5, 5.41) is 3.11. The van der Waals surface area contributed by atoms with Crippen molar-refractivity contribution in [3.63, 3.8) is 0 Å². The van der Waals surface area contributed by atoms with Crippen LogP contribution in [0.3, 0.4) is 0 Å². The molecule has 1 rings (SSSR count). The predicted molar refractivity (Wildman–Crippen MR) is 66.1 cm³/mol. The zero-order valence-corrected chi connectivity index (χ0v) is 10.2. The highest BCUT2D eigenvalue weighted by molar-refractivity contribution is 5.46. The minimum Gasteiger partial charge on any atom is -0.493 e. The largest absolute Gasteiger partial charge is 0.493 e. The number of nitrogens with one attached hydrogen (secondary N) is 1. The number of ether oxygens (including phenoxy) is 2. The zero-order chi connectivity index (χ0) is 12.0. The summed E-state index contributed by atoms with van der Waals surface area (Å²) in [6.45, 7) is 7.02. The molecule has 1 N–H and O–H groups in total. The molecule has 0 saturated carbocycles. The second-order valence-corrected chi connectivity index (χ2v) is 3.72. The van der Waals surface area contributed by atoms with Crippen molar-refractivity contribution in [2.45, 2.75) is 13.5 Å². The summed E-state index contributed by atoms with van der Waals surface area (Å²) < 4.78 is 11.0. The first-order valence-electron chi connectivity index (χ1n) is 5.26. The van der Waals surface area contributed by atoms with Gasteiger partial charge in [-0.15, -0.1) is 0 Å². The molecular formula is C13H19NO2. The lowest BCUT2D eigenvalue weighted by Gasteiger charge is -2.14. The van der Waals surface area contributed by atoms with Gasteiger partial charge >= 0.3 is 0 Å². The van der Waals surface area contributed by atoms with Gasteiger partial charge in [0, 0.05) is 12.1 Å². The van der Waals surface area contributed by atoms with E-state index in [4.69, 9.17) is 9.47 Å². The molecule has 16 heavy (non-hydrogen) atoms. The molecule has 1 aromatic carbocycles. The quantitative estimate of drug-likeness (QED) is 0.748. The fraction of sp³-hybridized carbons (Fsp3) is 0.385. The molecule has 1 aromatic rings. The maximum Gasteiger partial charge on any atom is 0.166 e. The number of rotatable bonds is 6. The Morgan fingerprint density at radius 2 is 2.19 bits per heavy atom. The summed E-state index contributed by atoms with van der Waals surface area (Å²) in [6.07, 6.45) is 0. The van der Waals surface area contributed by atoms with Crippen molar-refractivity contribution < 1.29 is 9.47 Å². The van der Waals surface area contributed by atoms with Gasteiger partial charge in [0.1, 0.15) is 6.61 Å². The molecule has 88 valence electrons. The van der Waals surface area contributed by atoms with Gasteiger partial charge in [0.2, 0.25) is 0 Å². The molecule has 0 aromatic heterocycles. The summed E-state index contributed by atoms with van der Waals surface area (Å²) in [5.41, 5.74) is 2.07. The fourth-order valence-corrected chi connectivity index (χ4v) is 1.41. The van der Waals surface area contributed by atoms with E-state index in [0.717, 1.165) is 29.2 Å². The van der Waals surface area contributed by atoms with Crippen LogP contribution in [-0.4, -0.2) is 20.8 Å². The third-order valence-corrected chi connectivity index (χ3v) is 2.11. The van der Waals surface area contributed by atoms with Crippen molar-refractivity contribution in [3.8, 4) is 11.5 Å². The molecule has 0 saturated heterocycles. The van der Waals surface area contributed by atoms with E-state index in [0.29, 0.717) is 6.61 Å². The molecule has 0 unspecified atom stereocenters. The predicted octanol–water partition coefficient (Wildman–Crippen LogP) is 2.37. The van der Waals surface area contributed by atoms with Gasteiger partial charge in [0.05, 0.1) is 7.11 Å². The Balaban J connectivity index is 2.94. The first-order valence-corrected chi connectivity index (χ1v) is 5.26. The Labute approximate surface area is 97.1 Å². The lowest BCUT2D eigenvalue weighted by atomic mass is 10.2. The standard InChI is InChI=1S/C13H19NO2/c1-10(2)9-16-13-11(8-14-3)6-5-7-12(13)15-4/h5-7,14H,1,8-9H2,2-4H3. The van der Waals surface area contributed by atoms with Crippen LogP contribution in [0.25, 0.3) is 0 Å². The highest BCUT2D eigenvalue weighted by atomic mass is 16.5. The number of benzene rings is 1. The maximum atomic E-state index is 5.71. The van der Waals surface area contributed by atoms with Crippen molar-refractivity contribution in [2.24, 2.45) is 0 Å². The lowest BCUT2D eigenvalue weighted by Crippen LogP contribution is -2.09. The van der Waals surface area contributed by atoms with Gasteiger partial charge in [-0.25, -0.2) is 0 Å². The van der Waals surface area contributed by atoms with Crippen LogP contribution in [0.15, 0.2) is 30.4 Å². The summed E-state index contributed by atoms with van der Waals surface area (Å²) in [5.74, 6) is 1.55. The van der Waals surface area contributed by atoms with E-state index in [9.17, 15) is 0 Å². The van der Waals surface area contributed by atoms with Crippen LogP contribution in [0.4, 0.5) is 0 Å². The van der Waals surface area contributed by atoms with E-state index in [1.807, 2.05) is 32.2 Å². The molecule has 0 aliphatic heterocycles. The molecule has 0 atom stereocenters. The SMILES string of the molecule is C=C(C)COc1c(CNC)cccc1OC. The van der Waals surface area contributed by atoms with E-state index < -0.39 is 0 Å². The number of hydrogen-bond acceptors (Lipinski definition) is 3. The van der Waals surface area contributed by atoms with Gasteiger partial charge < -0.3 is 14.8 Å². The number of methoxy groups -OCH3 is 1. The molecule has 0 radical (unpaired) electrons. The van der Waals surface area contributed by atoms with E-state index in [-0.39, 0.29) is 0 Å². The van der Waals surface area contributed by atoms with Gasteiger partial charge in [-0.1, -0.05) is 18.7 Å². The first kappa shape index (κ1) is 12.6. The summed E-state index contributed by atoms with van der Waals surface area (Å²) in [6, 6.07) is 5.87. The van der Waals surface area contributed by atoms with E-state index in [2.05, 4.69) is 11.9 Å². The first-order chi connectivity index (χ1) is 7.69. The Morgan fingerprint density at radius 3 is 2.75 bits per heavy atom. The van der Waals surface area contributed by atoms with E-state index in [1.165, 1.54) is 0 Å². The zero-order valence-electron chi connectivity index (χ0n) is 10.2. The van der Waals surface area contributed by atoms with Crippen LogP contribution in [0, 0.1) is 0 Å². The second-order valence-electron chi connectivity index (χ2n) is 3.72. The summed E-state index contributed by atoms with van der Waals surface area (Å²) >= 11 is 0. The Kier molecular flexibility index (Phi) is 4.86. The fourth-order valence-electron chi connectivity index (χ4n) is 1.41. The molecule has 0 fully saturated rings. The van der Waals surface area contributed by atoms with Crippen LogP contribution < -0.4 is 14.8 Å². The Bertz CT molecular complexity index is 361. The average molecular weight is 221 g/mol. The molecule has 0 aliphatic carbocycles. The van der Waals surface area contributed by atoms with Crippen LogP contribution >= 0.6 is 0 Å². The maximum absolute atomic E-state index is 5.71. The van der Waals surface area contributed by atoms with Gasteiger partial charge in [-0.3, -0.25) is 0 Å². The molecule has 3 heteroatoms. The molecule has 0 amide bonds. The molecule has 0 spiro atoms. The topological polar surface area (TPSA) is 30.5 Å². The van der Waals surface area contributed by atoms with Gasteiger partial charge in [0.25, 0.3) is 0 Å². The Morgan fingerprint density at radius 1 is 1.44 bits per heavy atom. The van der Waals surface area contributed by atoms with Crippen molar-refractivity contribution in [3.05, 3.63) is 35.9 Å². The minimum atomic E-state index is 0.511. The van der Waals surface area contributed by atoms with Gasteiger partial charge in [-0.05, 0) is 25.6 Å². The smallest absolute Gasteiger partial charge is 0.166 e. The normalized spacial score (nSPS) is 9.94. The molecule has 0 bridgehead atoms. The van der Waals surface area contributed by atoms with Crippen molar-refractivity contribution in [2.75, 3.05) is 20.8 Å². The molecule has 0 aliphatic rings. The monoisotopic (exact) mass is 221 g/mol. The van der Waals surface area contributed by atoms with Crippen LogP contribution in [0.1, 0.15) is 12.5 Å². The van der Waals surface area contributed by atoms with Crippen molar-refractivity contribution >= 4 is 0 Å². The number of para-hydroxylation sites is 1. The molecule has 3 nitrogen and oxygen atoms in total. The lowest BCUT2D eigenvalue weighted by molar-refractivity contribution is 0.316. The van der Waals surface area contributed by atoms with E-state index >= 15 is 0 Å². The second kappa shape index (κ2) is 6.18.